The Morgan fingerprint density at radius 2 is 1.87 bits per heavy atom. The number of carbonyl (C=O) groups is 1. The van der Waals surface area contributed by atoms with E-state index in [1.807, 2.05) is 96.6 Å². The molecule has 0 radical (unpaired) electrons. The van der Waals surface area contributed by atoms with Gasteiger partial charge in [0.2, 0.25) is 0 Å². The maximum Gasteiger partial charge on any atom is 0.187 e. The first-order valence-electron chi connectivity index (χ1n) is 10.0. The summed E-state index contributed by atoms with van der Waals surface area (Å²) in [6.07, 6.45) is 6.09. The topological polar surface area (TPSA) is 59.3 Å². The van der Waals surface area contributed by atoms with Gasteiger partial charge >= 0.3 is 0 Å². The third-order valence-corrected chi connectivity index (χ3v) is 6.16. The Morgan fingerprint density at radius 3 is 2.77 bits per heavy atom. The van der Waals surface area contributed by atoms with E-state index in [1.165, 1.54) is 0 Å². The Morgan fingerprint density at radius 1 is 1.00 bits per heavy atom. The van der Waals surface area contributed by atoms with E-state index in [0.717, 1.165) is 38.2 Å². The van der Waals surface area contributed by atoms with E-state index in [4.69, 9.17) is 0 Å². The smallest absolute Gasteiger partial charge is 0.187 e. The van der Waals surface area contributed by atoms with Crippen LogP contribution in [-0.2, 0) is 6.42 Å². The molecule has 6 heteroatoms. The molecule has 3 heterocycles. The Bertz CT molecular complexity index is 1390. The highest BCUT2D eigenvalue weighted by Gasteiger charge is 2.12. The molecule has 0 bridgehead atoms. The van der Waals surface area contributed by atoms with Crippen LogP contribution in [0.2, 0.25) is 0 Å². The summed E-state index contributed by atoms with van der Waals surface area (Å²) in [6, 6.07) is 21.5. The number of nitrogens with zero attached hydrogens (tertiary/aromatic N) is 3. The highest BCUT2D eigenvalue weighted by molar-refractivity contribution is 7.18. The van der Waals surface area contributed by atoms with Crippen molar-refractivity contribution >= 4 is 33.6 Å². The Balaban J connectivity index is 1.34. The fraction of sp³-hybridized carbons (Fsp3) is 0.0800. The fourth-order valence-electron chi connectivity index (χ4n) is 3.54. The molecule has 0 unspecified atom stereocenters. The standard InChI is InChI=1S/C25H20N4OS/c1-17-7-2-3-8-18(17)14-22(30)19-9-6-10-20(13-19)28-25-27-16-23(31-25)21-15-26-24-11-4-5-12-29(21)24/h2-13,15-16H,14H2,1H3,(H,27,28). The van der Waals surface area contributed by atoms with Gasteiger partial charge in [0.15, 0.2) is 10.9 Å². The number of aryl methyl sites for hydroxylation is 1. The summed E-state index contributed by atoms with van der Waals surface area (Å²) in [7, 11) is 0. The second-order valence-electron chi connectivity index (χ2n) is 7.33. The minimum atomic E-state index is 0.100. The highest BCUT2D eigenvalue weighted by atomic mass is 32.1. The number of carbonyl (C=O) groups excluding carboxylic acids is 1. The van der Waals surface area contributed by atoms with E-state index in [9.17, 15) is 4.79 Å². The minimum absolute atomic E-state index is 0.100. The molecule has 0 spiro atoms. The first-order chi connectivity index (χ1) is 15.2. The fourth-order valence-corrected chi connectivity index (χ4v) is 4.39. The maximum absolute atomic E-state index is 12.8. The quantitative estimate of drug-likeness (QED) is 0.343. The number of nitrogens with one attached hydrogen (secondary N) is 1. The van der Waals surface area contributed by atoms with Gasteiger partial charge < -0.3 is 5.32 Å². The third kappa shape index (κ3) is 3.98. The zero-order valence-electron chi connectivity index (χ0n) is 16.9. The molecule has 0 atom stereocenters. The van der Waals surface area contributed by atoms with Crippen LogP contribution in [0, 0.1) is 6.92 Å². The van der Waals surface area contributed by atoms with E-state index in [-0.39, 0.29) is 5.78 Å². The van der Waals surface area contributed by atoms with Gasteiger partial charge in [-0.3, -0.25) is 9.20 Å². The van der Waals surface area contributed by atoms with Gasteiger partial charge in [-0.1, -0.05) is 53.8 Å². The zero-order chi connectivity index (χ0) is 21.2. The molecule has 0 aliphatic rings. The molecule has 5 aromatic rings. The molecule has 0 aliphatic carbocycles. The predicted octanol–water partition coefficient (Wildman–Crippen LogP) is 5.94. The Kier molecular flexibility index (Phi) is 5.06. The SMILES string of the molecule is Cc1ccccc1CC(=O)c1cccc(Nc2ncc(-c3cnc4ccccn34)s2)c1. The van der Waals surface area contributed by atoms with Gasteiger partial charge in [-0.2, -0.15) is 0 Å². The van der Waals surface area contributed by atoms with E-state index in [0.29, 0.717) is 12.0 Å². The molecule has 0 aliphatic heterocycles. The molecule has 0 saturated heterocycles. The van der Waals surface area contributed by atoms with Crippen LogP contribution in [0.5, 0.6) is 0 Å². The van der Waals surface area contributed by atoms with Crippen LogP contribution in [0.25, 0.3) is 16.2 Å². The lowest BCUT2D eigenvalue weighted by atomic mass is 9.99. The largest absolute Gasteiger partial charge is 0.332 e. The number of ketones is 1. The molecule has 31 heavy (non-hydrogen) atoms. The lowest BCUT2D eigenvalue weighted by molar-refractivity contribution is 0.0993. The van der Waals surface area contributed by atoms with E-state index in [2.05, 4.69) is 15.3 Å². The molecule has 2 aromatic carbocycles. The minimum Gasteiger partial charge on any atom is -0.332 e. The lowest BCUT2D eigenvalue weighted by Crippen LogP contribution is -2.05. The van der Waals surface area contributed by atoms with Crippen LogP contribution >= 0.6 is 11.3 Å². The van der Waals surface area contributed by atoms with E-state index in [1.54, 1.807) is 11.3 Å². The first kappa shape index (κ1) is 19.2. The third-order valence-electron chi connectivity index (χ3n) is 5.22. The average Bonchev–Trinajstić information content (AvgIpc) is 3.42. The van der Waals surface area contributed by atoms with Gasteiger partial charge in [0, 0.05) is 30.1 Å². The Labute approximate surface area is 184 Å². The number of aromatic nitrogens is 3. The van der Waals surface area contributed by atoms with Crippen molar-refractivity contribution in [2.24, 2.45) is 0 Å². The molecule has 5 rings (SSSR count). The molecule has 3 aromatic heterocycles. The predicted molar refractivity (Wildman–Crippen MR) is 125 cm³/mol. The van der Waals surface area contributed by atoms with Crippen molar-refractivity contribution in [1.29, 1.82) is 0 Å². The summed E-state index contributed by atoms with van der Waals surface area (Å²) in [4.78, 5) is 22.8. The van der Waals surface area contributed by atoms with Gasteiger partial charge in [-0.25, -0.2) is 9.97 Å². The summed E-state index contributed by atoms with van der Waals surface area (Å²) in [5.41, 5.74) is 5.63. The Hall–Kier alpha value is -3.77. The van der Waals surface area contributed by atoms with Crippen molar-refractivity contribution in [3.05, 3.63) is 102 Å². The van der Waals surface area contributed by atoms with Crippen LogP contribution in [0.15, 0.2) is 85.3 Å². The van der Waals surface area contributed by atoms with E-state index >= 15 is 0 Å². The summed E-state index contributed by atoms with van der Waals surface area (Å²) in [5.74, 6) is 0.100. The van der Waals surface area contributed by atoms with Crippen LogP contribution < -0.4 is 5.32 Å². The summed E-state index contributed by atoms with van der Waals surface area (Å²) in [6.45, 7) is 2.03. The number of imidazole rings is 1. The molecular formula is C25H20N4OS. The number of Topliss-reactive ketones (excluding diaryl/α,β-unsaturated/α-hetero) is 1. The summed E-state index contributed by atoms with van der Waals surface area (Å²) < 4.78 is 2.04. The average molecular weight is 425 g/mol. The van der Waals surface area contributed by atoms with Gasteiger partial charge in [0.1, 0.15) is 5.65 Å². The van der Waals surface area contributed by atoms with Crippen molar-refractivity contribution in [3.8, 4) is 10.6 Å². The van der Waals surface area contributed by atoms with Crippen molar-refractivity contribution < 1.29 is 4.79 Å². The normalized spacial score (nSPS) is 11.0. The number of benzene rings is 2. The van der Waals surface area contributed by atoms with Crippen molar-refractivity contribution in [3.63, 3.8) is 0 Å². The highest BCUT2D eigenvalue weighted by Crippen LogP contribution is 2.31. The van der Waals surface area contributed by atoms with Crippen LogP contribution in [-0.4, -0.2) is 20.2 Å². The monoisotopic (exact) mass is 424 g/mol. The summed E-state index contributed by atoms with van der Waals surface area (Å²) in [5, 5.41) is 4.10. The summed E-state index contributed by atoms with van der Waals surface area (Å²) >= 11 is 1.55. The van der Waals surface area contributed by atoms with E-state index < -0.39 is 0 Å². The molecule has 0 fully saturated rings. The first-order valence-corrected chi connectivity index (χ1v) is 10.8. The zero-order valence-corrected chi connectivity index (χ0v) is 17.8. The molecule has 5 nitrogen and oxygen atoms in total. The molecule has 0 amide bonds. The van der Waals surface area contributed by atoms with Crippen molar-refractivity contribution in [2.45, 2.75) is 13.3 Å². The second kappa shape index (κ2) is 8.16. The number of anilines is 2. The number of hydrogen-bond acceptors (Lipinski definition) is 5. The van der Waals surface area contributed by atoms with Gasteiger partial charge in [0.25, 0.3) is 0 Å². The number of hydrogen-bond donors (Lipinski definition) is 1. The number of pyridine rings is 1. The van der Waals surface area contributed by atoms with Gasteiger partial charge in [-0.05, 0) is 42.3 Å². The lowest BCUT2D eigenvalue weighted by Gasteiger charge is -2.07. The van der Waals surface area contributed by atoms with Crippen LogP contribution in [0.3, 0.4) is 0 Å². The number of rotatable bonds is 6. The molecule has 0 saturated carbocycles. The molecular weight excluding hydrogens is 404 g/mol. The number of fused-ring (bicyclic) bond motifs is 1. The van der Waals surface area contributed by atoms with Crippen LogP contribution in [0.4, 0.5) is 10.8 Å². The van der Waals surface area contributed by atoms with Gasteiger partial charge in [0.05, 0.1) is 16.8 Å². The molecule has 1 N–H and O–H groups in total. The maximum atomic E-state index is 12.8. The second-order valence-corrected chi connectivity index (χ2v) is 8.36. The van der Waals surface area contributed by atoms with Gasteiger partial charge in [-0.15, -0.1) is 0 Å². The number of thiazole rings is 1. The molecule has 152 valence electrons. The van der Waals surface area contributed by atoms with Crippen LogP contribution in [0.1, 0.15) is 21.5 Å². The van der Waals surface area contributed by atoms with Crippen molar-refractivity contribution in [2.75, 3.05) is 5.32 Å². The van der Waals surface area contributed by atoms with Crippen molar-refractivity contribution in [1.82, 2.24) is 14.4 Å².